The zero-order valence-electron chi connectivity index (χ0n) is 18.2. The Morgan fingerprint density at radius 3 is 2.61 bits per heavy atom. The van der Waals surface area contributed by atoms with Crippen molar-refractivity contribution in [3.05, 3.63) is 107 Å². The first-order valence-electron chi connectivity index (χ1n) is 10.7. The van der Waals surface area contributed by atoms with Crippen LogP contribution in [0, 0.1) is 6.92 Å². The Morgan fingerprint density at radius 2 is 1.85 bits per heavy atom. The van der Waals surface area contributed by atoms with Gasteiger partial charge in [-0.25, -0.2) is 0 Å². The van der Waals surface area contributed by atoms with E-state index in [4.69, 9.17) is 0 Å². The Balaban J connectivity index is 1.48. The summed E-state index contributed by atoms with van der Waals surface area (Å²) < 4.78 is 1.75. The number of anilines is 1. The Labute approximate surface area is 191 Å². The average molecular weight is 438 g/mol. The van der Waals surface area contributed by atoms with E-state index < -0.39 is 0 Å². The fourth-order valence-electron chi connectivity index (χ4n) is 3.89. The smallest absolute Gasteiger partial charge is 0.251 e. The molecule has 2 aromatic heterocycles. The summed E-state index contributed by atoms with van der Waals surface area (Å²) in [6.07, 6.45) is 5.56. The summed E-state index contributed by atoms with van der Waals surface area (Å²) in [4.78, 5) is 18.9. The van der Waals surface area contributed by atoms with Crippen molar-refractivity contribution >= 4 is 17.6 Å². The van der Waals surface area contributed by atoms with Crippen LogP contribution in [0.1, 0.15) is 28.3 Å². The van der Waals surface area contributed by atoms with Crippen LogP contribution in [0.3, 0.4) is 0 Å². The molecule has 1 aliphatic heterocycles. The van der Waals surface area contributed by atoms with Gasteiger partial charge in [0.05, 0.1) is 5.70 Å². The van der Waals surface area contributed by atoms with Crippen molar-refractivity contribution in [1.29, 1.82) is 0 Å². The summed E-state index contributed by atoms with van der Waals surface area (Å²) in [5.74, 6) is 0.392. The third kappa shape index (κ3) is 4.36. The normalized spacial score (nSPS) is 15.0. The number of carbonyl (C=O) groups excluding carboxylic acids is 1. The molecule has 33 heavy (non-hydrogen) atoms. The first kappa shape index (κ1) is 20.6. The number of allylic oxidation sites excluding steroid dienone is 1. The lowest BCUT2D eigenvalue weighted by Gasteiger charge is -2.32. The molecule has 0 aliphatic carbocycles. The van der Waals surface area contributed by atoms with Gasteiger partial charge in [-0.2, -0.15) is 4.68 Å². The lowest BCUT2D eigenvalue weighted by atomic mass is 10.00. The maximum absolute atomic E-state index is 12.9. The second-order valence-electron chi connectivity index (χ2n) is 7.92. The predicted molar refractivity (Wildman–Crippen MR) is 125 cm³/mol. The van der Waals surface area contributed by atoms with Gasteiger partial charge in [-0.1, -0.05) is 71.3 Å². The minimum Gasteiger partial charge on any atom is -0.350 e. The standard InChI is InChI=1S/C25H23N7O/c1-18-9-11-21(12-10-18)22-14-23(20-7-3-2-4-8-20)32-25(28-29-30-32)31(22)17-24(33)27-16-19-6-5-13-26-15-19/h2-15,23H,16-17H2,1H3,(H,27,33). The number of fused-ring (bicyclic) bond motifs is 1. The fourth-order valence-corrected chi connectivity index (χ4v) is 3.89. The quantitative estimate of drug-likeness (QED) is 0.499. The Morgan fingerprint density at radius 1 is 1.03 bits per heavy atom. The molecule has 0 fully saturated rings. The van der Waals surface area contributed by atoms with Crippen molar-refractivity contribution in [2.75, 3.05) is 11.4 Å². The summed E-state index contributed by atoms with van der Waals surface area (Å²) in [6.45, 7) is 2.54. The molecule has 1 unspecified atom stereocenters. The number of carbonyl (C=O) groups is 1. The van der Waals surface area contributed by atoms with E-state index in [9.17, 15) is 4.79 Å². The molecule has 1 aliphatic rings. The van der Waals surface area contributed by atoms with Crippen molar-refractivity contribution in [3.8, 4) is 0 Å². The van der Waals surface area contributed by atoms with Gasteiger partial charge in [-0.3, -0.25) is 14.7 Å². The SMILES string of the molecule is Cc1ccc(C2=CC(c3ccccc3)n3nnnc3N2CC(=O)NCc2cccnc2)cc1. The maximum atomic E-state index is 12.9. The van der Waals surface area contributed by atoms with Crippen LogP contribution >= 0.6 is 0 Å². The number of amides is 1. The molecule has 0 radical (unpaired) electrons. The third-order valence-corrected chi connectivity index (χ3v) is 5.59. The molecule has 0 saturated heterocycles. The number of pyridine rings is 1. The number of rotatable bonds is 6. The number of hydrogen-bond donors (Lipinski definition) is 1. The summed E-state index contributed by atoms with van der Waals surface area (Å²) in [7, 11) is 0. The van der Waals surface area contributed by atoms with E-state index in [1.165, 1.54) is 5.56 Å². The molecule has 3 heterocycles. The Hall–Kier alpha value is -4.33. The molecule has 5 rings (SSSR count). The van der Waals surface area contributed by atoms with Crippen molar-refractivity contribution in [3.63, 3.8) is 0 Å². The van der Waals surface area contributed by atoms with E-state index in [0.717, 1.165) is 22.4 Å². The molecule has 4 aromatic rings. The molecule has 0 bridgehead atoms. The van der Waals surface area contributed by atoms with Gasteiger partial charge >= 0.3 is 0 Å². The van der Waals surface area contributed by atoms with E-state index >= 15 is 0 Å². The molecule has 1 N–H and O–H groups in total. The topological polar surface area (TPSA) is 88.8 Å². The van der Waals surface area contributed by atoms with E-state index in [2.05, 4.69) is 75.2 Å². The fraction of sp³-hybridized carbons (Fsp3) is 0.160. The van der Waals surface area contributed by atoms with Crippen LogP contribution in [-0.2, 0) is 11.3 Å². The molecule has 0 spiro atoms. The number of benzene rings is 2. The Bertz CT molecular complexity index is 1270. The summed E-state index contributed by atoms with van der Waals surface area (Å²) in [6, 6.07) is 21.9. The molecule has 8 nitrogen and oxygen atoms in total. The zero-order chi connectivity index (χ0) is 22.6. The highest BCUT2D eigenvalue weighted by atomic mass is 16.2. The van der Waals surface area contributed by atoms with Crippen LogP contribution in [-0.4, -0.2) is 37.6 Å². The summed E-state index contributed by atoms with van der Waals surface area (Å²) >= 11 is 0. The summed E-state index contributed by atoms with van der Waals surface area (Å²) in [5, 5.41) is 15.4. The Kier molecular flexibility index (Phi) is 5.63. The van der Waals surface area contributed by atoms with Crippen LogP contribution in [0.5, 0.6) is 0 Å². The molecule has 8 heteroatoms. The number of tetrazole rings is 1. The average Bonchev–Trinajstić information content (AvgIpc) is 3.35. The lowest BCUT2D eigenvalue weighted by molar-refractivity contribution is -0.119. The van der Waals surface area contributed by atoms with E-state index in [0.29, 0.717) is 12.5 Å². The molecular formula is C25H23N7O. The molecule has 1 amide bonds. The minimum absolute atomic E-state index is 0.0852. The predicted octanol–water partition coefficient (Wildman–Crippen LogP) is 3.14. The van der Waals surface area contributed by atoms with Gasteiger partial charge < -0.3 is 5.32 Å². The van der Waals surface area contributed by atoms with Crippen LogP contribution in [0.25, 0.3) is 5.70 Å². The number of hydrogen-bond acceptors (Lipinski definition) is 6. The first-order chi connectivity index (χ1) is 16.2. The number of nitrogens with zero attached hydrogens (tertiary/aromatic N) is 6. The van der Waals surface area contributed by atoms with Crippen molar-refractivity contribution in [1.82, 2.24) is 30.5 Å². The molecule has 0 saturated carbocycles. The van der Waals surface area contributed by atoms with Crippen LogP contribution in [0.2, 0.25) is 0 Å². The van der Waals surface area contributed by atoms with E-state index in [1.807, 2.05) is 35.2 Å². The van der Waals surface area contributed by atoms with Crippen LogP contribution in [0.15, 0.2) is 85.2 Å². The number of aryl methyl sites for hydroxylation is 1. The van der Waals surface area contributed by atoms with Gasteiger partial charge in [0.25, 0.3) is 5.95 Å². The van der Waals surface area contributed by atoms with Gasteiger partial charge in [-0.05, 0) is 46.2 Å². The number of nitrogens with one attached hydrogen (secondary N) is 1. The second kappa shape index (κ2) is 9.04. The van der Waals surface area contributed by atoms with Gasteiger partial charge in [0, 0.05) is 18.9 Å². The van der Waals surface area contributed by atoms with Crippen LogP contribution < -0.4 is 10.2 Å². The lowest BCUT2D eigenvalue weighted by Crippen LogP contribution is -2.39. The molecular weight excluding hydrogens is 414 g/mol. The van der Waals surface area contributed by atoms with Crippen molar-refractivity contribution in [2.45, 2.75) is 19.5 Å². The van der Waals surface area contributed by atoms with Crippen molar-refractivity contribution < 1.29 is 4.79 Å². The highest BCUT2D eigenvalue weighted by Gasteiger charge is 2.31. The first-order valence-corrected chi connectivity index (χ1v) is 10.7. The third-order valence-electron chi connectivity index (χ3n) is 5.59. The zero-order valence-corrected chi connectivity index (χ0v) is 18.2. The van der Waals surface area contributed by atoms with Crippen LogP contribution in [0.4, 0.5) is 5.95 Å². The molecule has 164 valence electrons. The van der Waals surface area contributed by atoms with Gasteiger partial charge in [0.15, 0.2) is 0 Å². The largest absolute Gasteiger partial charge is 0.350 e. The molecule has 1 atom stereocenters. The summed E-state index contributed by atoms with van der Waals surface area (Å²) in [5.41, 5.74) is 5.06. The highest BCUT2D eigenvalue weighted by molar-refractivity contribution is 5.89. The van der Waals surface area contributed by atoms with Gasteiger partial charge in [0.2, 0.25) is 5.91 Å². The number of aromatic nitrogens is 5. The monoisotopic (exact) mass is 437 g/mol. The van der Waals surface area contributed by atoms with E-state index in [-0.39, 0.29) is 18.5 Å². The maximum Gasteiger partial charge on any atom is 0.251 e. The second-order valence-corrected chi connectivity index (χ2v) is 7.92. The van der Waals surface area contributed by atoms with E-state index in [1.54, 1.807) is 17.1 Å². The van der Waals surface area contributed by atoms with Gasteiger partial charge in [-0.15, -0.1) is 0 Å². The highest BCUT2D eigenvalue weighted by Crippen LogP contribution is 2.36. The van der Waals surface area contributed by atoms with Crippen molar-refractivity contribution in [2.24, 2.45) is 0 Å². The van der Waals surface area contributed by atoms with Gasteiger partial charge in [0.1, 0.15) is 12.6 Å². The molecule has 2 aromatic carbocycles. The minimum atomic E-state index is -0.179.